The van der Waals surface area contributed by atoms with Gasteiger partial charge < -0.3 is 14.2 Å². The summed E-state index contributed by atoms with van der Waals surface area (Å²) in [6.45, 7) is 7.79. The molecule has 1 unspecified atom stereocenters. The minimum absolute atomic E-state index is 0.0822. The fourth-order valence-electron chi connectivity index (χ4n) is 8.01. The highest BCUT2D eigenvalue weighted by Crippen LogP contribution is 2.16. The summed E-state index contributed by atoms with van der Waals surface area (Å²) < 4.78 is 17.4. The second-order valence-electron chi connectivity index (χ2n) is 18.5. The Morgan fingerprint density at radius 3 is 1.15 bits per heavy atom. The lowest BCUT2D eigenvalue weighted by molar-refractivity contribution is -0.163. The first-order chi connectivity index (χ1) is 30.6. The summed E-state index contributed by atoms with van der Waals surface area (Å²) in [5, 5.41) is 0. The second-order valence-corrected chi connectivity index (χ2v) is 18.5. The molecule has 0 aromatic rings. The Morgan fingerprint density at radius 2 is 0.710 bits per heavy atom. The van der Waals surface area contributed by atoms with Crippen LogP contribution in [0.25, 0.3) is 0 Å². The Morgan fingerprint density at radius 1 is 0.355 bits per heavy atom. The van der Waals surface area contributed by atoms with E-state index in [0.717, 1.165) is 51.4 Å². The molecule has 1 atom stereocenters. The summed E-state index contributed by atoms with van der Waals surface area (Å²) in [5.74, 6) is -0.403. The van der Waals surface area contributed by atoms with Crippen LogP contribution >= 0.6 is 0 Å². The van der Waals surface area contributed by atoms with E-state index in [1.807, 2.05) is 0 Å². The molecule has 0 radical (unpaired) electrons. The van der Waals surface area contributed by atoms with E-state index in [9.17, 15) is 9.59 Å². The Bertz CT molecular complexity index is 986. The zero-order valence-corrected chi connectivity index (χ0v) is 41.9. The minimum Gasteiger partial charge on any atom is -0.462 e. The molecule has 0 fully saturated rings. The van der Waals surface area contributed by atoms with Crippen molar-refractivity contribution in [2.24, 2.45) is 0 Å². The first-order valence-electron chi connectivity index (χ1n) is 27.5. The van der Waals surface area contributed by atoms with Gasteiger partial charge in [-0.1, -0.05) is 243 Å². The Hall–Kier alpha value is -1.88. The molecule has 0 spiro atoms. The Labute approximate surface area is 387 Å². The maximum absolute atomic E-state index is 12.8. The summed E-state index contributed by atoms with van der Waals surface area (Å²) >= 11 is 0. The molecular weight excluding hydrogens is 765 g/mol. The van der Waals surface area contributed by atoms with Crippen LogP contribution in [0.5, 0.6) is 0 Å². The van der Waals surface area contributed by atoms with Gasteiger partial charge in [0.25, 0.3) is 0 Å². The van der Waals surface area contributed by atoms with E-state index >= 15 is 0 Å². The molecule has 0 aliphatic carbocycles. The molecule has 0 aromatic heterocycles. The monoisotopic (exact) mass is 871 g/mol. The molecule has 0 aliphatic heterocycles. The second kappa shape index (κ2) is 53.5. The Balaban J connectivity index is 4.23. The van der Waals surface area contributed by atoms with E-state index in [-0.39, 0.29) is 25.2 Å². The van der Waals surface area contributed by atoms with Gasteiger partial charge in [0.2, 0.25) is 0 Å². The van der Waals surface area contributed by atoms with Gasteiger partial charge in [0, 0.05) is 19.4 Å². The molecule has 5 nitrogen and oxygen atoms in total. The molecule has 0 heterocycles. The number of carbonyl (C=O) groups excluding carboxylic acids is 2. The zero-order valence-electron chi connectivity index (χ0n) is 41.9. The molecule has 0 rings (SSSR count). The van der Waals surface area contributed by atoms with Gasteiger partial charge in [0.15, 0.2) is 6.10 Å². The standard InChI is InChI=1S/C57H106O5/c1-4-7-10-13-16-19-22-25-27-29-30-33-35-38-41-44-47-50-56(58)61-54-55(62-57(59)51-48-45-42-39-36-32-24-21-18-15-12-9-6-3)53-60-52-49-46-43-40-37-34-31-28-26-23-20-17-14-11-8-5-2/h12,15,21,24-25,27,55H,4-11,13-14,16-20,22-23,26,28-54H2,1-3H3/b15-12-,24-21-,27-25-. The van der Waals surface area contributed by atoms with Crippen LogP contribution in [0.4, 0.5) is 0 Å². The first kappa shape index (κ1) is 60.1. The summed E-state index contributed by atoms with van der Waals surface area (Å²) in [6, 6.07) is 0. The van der Waals surface area contributed by atoms with Crippen molar-refractivity contribution in [2.45, 2.75) is 297 Å². The van der Waals surface area contributed by atoms with E-state index < -0.39 is 6.10 Å². The molecule has 364 valence electrons. The molecule has 5 heteroatoms. The third-order valence-corrected chi connectivity index (χ3v) is 12.1. The van der Waals surface area contributed by atoms with Gasteiger partial charge in [-0.05, 0) is 70.6 Å². The summed E-state index contributed by atoms with van der Waals surface area (Å²) in [7, 11) is 0. The van der Waals surface area contributed by atoms with Crippen molar-refractivity contribution >= 4 is 11.9 Å². The molecule has 0 amide bonds. The molecule has 0 saturated carbocycles. The molecule has 0 N–H and O–H groups in total. The number of esters is 2. The largest absolute Gasteiger partial charge is 0.462 e. The van der Waals surface area contributed by atoms with E-state index in [2.05, 4.69) is 57.2 Å². The van der Waals surface area contributed by atoms with Crippen LogP contribution in [-0.2, 0) is 23.8 Å². The van der Waals surface area contributed by atoms with Crippen molar-refractivity contribution in [3.05, 3.63) is 36.5 Å². The molecule has 0 bridgehead atoms. The van der Waals surface area contributed by atoms with Gasteiger partial charge >= 0.3 is 11.9 Å². The van der Waals surface area contributed by atoms with E-state index in [0.29, 0.717) is 19.4 Å². The molecule has 0 aliphatic rings. The molecule has 0 aromatic carbocycles. The van der Waals surface area contributed by atoms with Crippen LogP contribution in [0, 0.1) is 0 Å². The van der Waals surface area contributed by atoms with Crippen LogP contribution in [0.2, 0.25) is 0 Å². The van der Waals surface area contributed by atoms with Gasteiger partial charge in [-0.25, -0.2) is 0 Å². The number of hydrogen-bond donors (Lipinski definition) is 0. The summed E-state index contributed by atoms with van der Waals surface area (Å²) in [5.41, 5.74) is 0. The molecule has 62 heavy (non-hydrogen) atoms. The number of carbonyl (C=O) groups is 2. The smallest absolute Gasteiger partial charge is 0.306 e. The third kappa shape index (κ3) is 50.8. The Kier molecular flexibility index (Phi) is 51.8. The number of rotatable bonds is 51. The van der Waals surface area contributed by atoms with Gasteiger partial charge in [-0.3, -0.25) is 9.59 Å². The average molecular weight is 871 g/mol. The van der Waals surface area contributed by atoms with Crippen molar-refractivity contribution in [2.75, 3.05) is 19.8 Å². The average Bonchev–Trinajstić information content (AvgIpc) is 3.27. The van der Waals surface area contributed by atoms with Crippen molar-refractivity contribution in [3.63, 3.8) is 0 Å². The van der Waals surface area contributed by atoms with Crippen LogP contribution in [0.1, 0.15) is 290 Å². The lowest BCUT2D eigenvalue weighted by atomic mass is 10.0. The van der Waals surface area contributed by atoms with E-state index in [4.69, 9.17) is 14.2 Å². The highest BCUT2D eigenvalue weighted by molar-refractivity contribution is 5.70. The fourth-order valence-corrected chi connectivity index (χ4v) is 8.01. The quantitative estimate of drug-likeness (QED) is 0.0346. The van der Waals surface area contributed by atoms with Crippen LogP contribution in [-0.4, -0.2) is 37.9 Å². The van der Waals surface area contributed by atoms with Crippen molar-refractivity contribution < 1.29 is 23.8 Å². The number of allylic oxidation sites excluding steroid dienone is 6. The van der Waals surface area contributed by atoms with Gasteiger partial charge in [-0.2, -0.15) is 0 Å². The highest BCUT2D eigenvalue weighted by Gasteiger charge is 2.17. The lowest BCUT2D eigenvalue weighted by Crippen LogP contribution is -2.30. The van der Waals surface area contributed by atoms with Crippen molar-refractivity contribution in [1.82, 2.24) is 0 Å². The van der Waals surface area contributed by atoms with E-state index in [1.165, 1.54) is 205 Å². The maximum atomic E-state index is 12.8. The lowest BCUT2D eigenvalue weighted by Gasteiger charge is -2.18. The maximum Gasteiger partial charge on any atom is 0.306 e. The van der Waals surface area contributed by atoms with E-state index in [1.54, 1.807) is 0 Å². The summed E-state index contributed by atoms with van der Waals surface area (Å²) in [6.07, 6.45) is 64.4. The van der Waals surface area contributed by atoms with Gasteiger partial charge in [0.05, 0.1) is 6.61 Å². The normalized spacial score (nSPS) is 12.4. The molecule has 0 saturated heterocycles. The summed E-state index contributed by atoms with van der Waals surface area (Å²) in [4.78, 5) is 25.4. The third-order valence-electron chi connectivity index (χ3n) is 12.1. The minimum atomic E-state index is -0.540. The highest BCUT2D eigenvalue weighted by atomic mass is 16.6. The van der Waals surface area contributed by atoms with Gasteiger partial charge in [-0.15, -0.1) is 0 Å². The van der Waals surface area contributed by atoms with Crippen LogP contribution < -0.4 is 0 Å². The van der Waals surface area contributed by atoms with Crippen molar-refractivity contribution in [3.8, 4) is 0 Å². The molecular formula is C57H106O5. The number of ether oxygens (including phenoxy) is 3. The van der Waals surface area contributed by atoms with Crippen LogP contribution in [0.15, 0.2) is 36.5 Å². The van der Waals surface area contributed by atoms with Gasteiger partial charge in [0.1, 0.15) is 6.61 Å². The predicted octanol–water partition coefficient (Wildman–Crippen LogP) is 18.6. The first-order valence-corrected chi connectivity index (χ1v) is 27.5. The predicted molar refractivity (Wildman–Crippen MR) is 270 cm³/mol. The SMILES string of the molecule is CCC/C=C\C/C=C\CCCCCCCC(=O)OC(COCCCCCCCCCCCCCCCCCC)COC(=O)CCCCCCCCC/C=C\CCCCCCCC. The fraction of sp³-hybridized carbons (Fsp3) is 0.860. The van der Waals surface area contributed by atoms with Crippen molar-refractivity contribution in [1.29, 1.82) is 0 Å². The topological polar surface area (TPSA) is 61.8 Å². The number of hydrogen-bond acceptors (Lipinski definition) is 5. The van der Waals surface area contributed by atoms with Crippen LogP contribution in [0.3, 0.4) is 0 Å². The zero-order chi connectivity index (χ0) is 44.9. The number of unbranched alkanes of at least 4 members (excludes halogenated alkanes) is 34.